The van der Waals surface area contributed by atoms with Gasteiger partial charge in [-0.1, -0.05) is 18.9 Å². The van der Waals surface area contributed by atoms with Crippen LogP contribution in [-0.2, 0) is 0 Å². The molecule has 1 atom stereocenters. The zero-order valence-corrected chi connectivity index (χ0v) is 8.32. The standard InChI is InChI=1S/C12H16FN/c13-11-7-5-10(6-8-11)9-14-12-3-1-2-4-12/h5,7-10,12H,1-4,6H2. The molecule has 2 heteroatoms. The Hall–Kier alpha value is -0.920. The second-order valence-electron chi connectivity index (χ2n) is 4.08. The molecule has 14 heavy (non-hydrogen) atoms. The van der Waals surface area contributed by atoms with Gasteiger partial charge in [0.25, 0.3) is 0 Å². The molecule has 0 N–H and O–H groups in total. The Bertz CT molecular complexity index is 272. The summed E-state index contributed by atoms with van der Waals surface area (Å²) >= 11 is 0. The van der Waals surface area contributed by atoms with Gasteiger partial charge in [0.2, 0.25) is 0 Å². The second kappa shape index (κ2) is 4.54. The van der Waals surface area contributed by atoms with Crippen LogP contribution in [0.1, 0.15) is 32.1 Å². The van der Waals surface area contributed by atoms with E-state index in [4.69, 9.17) is 0 Å². The van der Waals surface area contributed by atoms with Crippen molar-refractivity contribution in [3.8, 4) is 0 Å². The highest BCUT2D eigenvalue weighted by Gasteiger charge is 2.13. The van der Waals surface area contributed by atoms with E-state index in [1.807, 2.05) is 12.3 Å². The van der Waals surface area contributed by atoms with E-state index in [1.165, 1.54) is 31.8 Å². The van der Waals surface area contributed by atoms with Crippen LogP contribution in [0.4, 0.5) is 4.39 Å². The quantitative estimate of drug-likeness (QED) is 0.596. The second-order valence-corrected chi connectivity index (χ2v) is 4.08. The first-order valence-corrected chi connectivity index (χ1v) is 5.42. The van der Waals surface area contributed by atoms with Crippen molar-refractivity contribution in [1.82, 2.24) is 0 Å². The van der Waals surface area contributed by atoms with Gasteiger partial charge in [0.05, 0.1) is 0 Å². The fraction of sp³-hybridized carbons (Fsp3) is 0.583. The lowest BCUT2D eigenvalue weighted by Gasteiger charge is -2.09. The molecule has 2 rings (SSSR count). The molecule has 0 amide bonds. The summed E-state index contributed by atoms with van der Waals surface area (Å²) in [6, 6.07) is 0.541. The molecule has 0 aromatic rings. The van der Waals surface area contributed by atoms with Crippen molar-refractivity contribution >= 4 is 6.21 Å². The smallest absolute Gasteiger partial charge is 0.118 e. The first-order chi connectivity index (χ1) is 6.84. The third-order valence-corrected chi connectivity index (χ3v) is 2.90. The summed E-state index contributed by atoms with van der Waals surface area (Å²) in [5.74, 6) is 0.200. The zero-order chi connectivity index (χ0) is 9.80. The third-order valence-electron chi connectivity index (χ3n) is 2.90. The van der Waals surface area contributed by atoms with Crippen LogP contribution in [0.15, 0.2) is 29.0 Å². The summed E-state index contributed by atoms with van der Waals surface area (Å²) in [6.07, 6.45) is 12.9. The Morgan fingerprint density at radius 2 is 2.14 bits per heavy atom. The SMILES string of the molecule is FC1=CCC(C=NC2CCCC2)C=C1. The molecule has 0 bridgehead atoms. The van der Waals surface area contributed by atoms with Crippen LogP contribution in [0.5, 0.6) is 0 Å². The van der Waals surface area contributed by atoms with Crippen molar-refractivity contribution in [3.05, 3.63) is 24.1 Å². The maximum atomic E-state index is 12.6. The van der Waals surface area contributed by atoms with Crippen LogP contribution >= 0.6 is 0 Å². The number of halogens is 1. The van der Waals surface area contributed by atoms with Crippen molar-refractivity contribution in [2.75, 3.05) is 0 Å². The first kappa shape index (κ1) is 9.63. The molecule has 1 fully saturated rings. The summed E-state index contributed by atoms with van der Waals surface area (Å²) in [6.45, 7) is 0. The highest BCUT2D eigenvalue weighted by atomic mass is 19.1. The number of hydrogen-bond acceptors (Lipinski definition) is 1. The van der Waals surface area contributed by atoms with E-state index in [-0.39, 0.29) is 5.83 Å². The maximum Gasteiger partial charge on any atom is 0.118 e. The molecule has 76 valence electrons. The van der Waals surface area contributed by atoms with E-state index in [1.54, 1.807) is 6.08 Å². The summed E-state index contributed by atoms with van der Waals surface area (Å²) in [4.78, 5) is 4.54. The fourth-order valence-electron chi connectivity index (χ4n) is 2.01. The van der Waals surface area contributed by atoms with E-state index >= 15 is 0 Å². The summed E-state index contributed by atoms with van der Waals surface area (Å²) in [7, 11) is 0. The average Bonchev–Trinajstić information content (AvgIpc) is 2.70. The number of aliphatic imine (C=N–C) groups is 1. The van der Waals surface area contributed by atoms with Crippen LogP contribution in [0.3, 0.4) is 0 Å². The van der Waals surface area contributed by atoms with E-state index in [0.29, 0.717) is 12.0 Å². The summed E-state index contributed by atoms with van der Waals surface area (Å²) in [5.41, 5.74) is 0. The molecule has 0 spiro atoms. The lowest BCUT2D eigenvalue weighted by atomic mass is 10.0. The molecule has 2 aliphatic carbocycles. The monoisotopic (exact) mass is 193 g/mol. The molecule has 0 heterocycles. The van der Waals surface area contributed by atoms with Gasteiger partial charge in [-0.3, -0.25) is 4.99 Å². The molecule has 0 radical (unpaired) electrons. The molecule has 1 nitrogen and oxygen atoms in total. The van der Waals surface area contributed by atoms with Crippen LogP contribution < -0.4 is 0 Å². The van der Waals surface area contributed by atoms with Gasteiger partial charge in [0, 0.05) is 18.2 Å². The molecule has 0 aliphatic heterocycles. The van der Waals surface area contributed by atoms with Crippen molar-refractivity contribution in [3.63, 3.8) is 0 Å². The van der Waals surface area contributed by atoms with Crippen molar-refractivity contribution < 1.29 is 4.39 Å². The molecule has 0 aromatic heterocycles. The Morgan fingerprint density at radius 1 is 1.36 bits per heavy atom. The van der Waals surface area contributed by atoms with Gasteiger partial charge in [-0.05, 0) is 31.4 Å². The number of allylic oxidation sites excluding steroid dienone is 4. The molecular formula is C12H16FN. The molecule has 1 unspecified atom stereocenters. The van der Waals surface area contributed by atoms with E-state index < -0.39 is 0 Å². The highest BCUT2D eigenvalue weighted by Crippen LogP contribution is 2.22. The van der Waals surface area contributed by atoms with E-state index in [0.717, 1.165) is 6.42 Å². The van der Waals surface area contributed by atoms with E-state index in [9.17, 15) is 4.39 Å². The minimum absolute atomic E-state index is 0.115. The number of hydrogen-bond donors (Lipinski definition) is 0. The summed E-state index contributed by atoms with van der Waals surface area (Å²) < 4.78 is 12.6. The van der Waals surface area contributed by atoms with Gasteiger partial charge in [0.15, 0.2) is 0 Å². The Morgan fingerprint density at radius 3 is 2.79 bits per heavy atom. The predicted octanol–water partition coefficient (Wildman–Crippen LogP) is 3.43. The number of rotatable bonds is 2. The third kappa shape index (κ3) is 2.53. The van der Waals surface area contributed by atoms with Gasteiger partial charge < -0.3 is 0 Å². The van der Waals surface area contributed by atoms with Gasteiger partial charge in [0.1, 0.15) is 5.83 Å². The molecule has 1 saturated carbocycles. The van der Waals surface area contributed by atoms with Crippen LogP contribution in [0.25, 0.3) is 0 Å². The minimum Gasteiger partial charge on any atom is -0.294 e. The van der Waals surface area contributed by atoms with E-state index in [2.05, 4.69) is 4.99 Å². The Kier molecular flexibility index (Phi) is 3.12. The van der Waals surface area contributed by atoms with Crippen molar-refractivity contribution in [2.45, 2.75) is 38.1 Å². The van der Waals surface area contributed by atoms with Gasteiger partial charge in [-0.25, -0.2) is 4.39 Å². The maximum absolute atomic E-state index is 12.6. The predicted molar refractivity (Wildman–Crippen MR) is 57.2 cm³/mol. The highest BCUT2D eigenvalue weighted by molar-refractivity contribution is 5.64. The largest absolute Gasteiger partial charge is 0.294 e. The number of nitrogens with zero attached hydrogens (tertiary/aromatic N) is 1. The molecule has 0 saturated heterocycles. The average molecular weight is 193 g/mol. The summed E-state index contributed by atoms with van der Waals surface area (Å²) in [5, 5.41) is 0. The molecule has 2 aliphatic rings. The lowest BCUT2D eigenvalue weighted by molar-refractivity contribution is 0.643. The van der Waals surface area contributed by atoms with Crippen LogP contribution in [0, 0.1) is 5.92 Å². The Labute approximate surface area is 84.4 Å². The molecular weight excluding hydrogens is 177 g/mol. The topological polar surface area (TPSA) is 12.4 Å². The normalized spacial score (nSPS) is 28.6. The lowest BCUT2D eigenvalue weighted by Crippen LogP contribution is -2.04. The fourth-order valence-corrected chi connectivity index (χ4v) is 2.01. The Balaban J connectivity index is 1.83. The van der Waals surface area contributed by atoms with Crippen molar-refractivity contribution in [1.29, 1.82) is 0 Å². The van der Waals surface area contributed by atoms with Crippen LogP contribution in [-0.4, -0.2) is 12.3 Å². The first-order valence-electron chi connectivity index (χ1n) is 5.42. The van der Waals surface area contributed by atoms with Crippen LogP contribution in [0.2, 0.25) is 0 Å². The van der Waals surface area contributed by atoms with Crippen molar-refractivity contribution in [2.24, 2.45) is 10.9 Å². The van der Waals surface area contributed by atoms with Gasteiger partial charge in [-0.2, -0.15) is 0 Å². The molecule has 0 aromatic carbocycles. The zero-order valence-electron chi connectivity index (χ0n) is 8.32. The van der Waals surface area contributed by atoms with Gasteiger partial charge >= 0.3 is 0 Å². The van der Waals surface area contributed by atoms with Gasteiger partial charge in [-0.15, -0.1) is 0 Å². The minimum atomic E-state index is -0.115.